The van der Waals surface area contributed by atoms with Gasteiger partial charge in [0.1, 0.15) is 0 Å². The van der Waals surface area contributed by atoms with Gasteiger partial charge in [0.25, 0.3) is 0 Å². The molecule has 0 atom stereocenters. The predicted octanol–water partition coefficient (Wildman–Crippen LogP) is 1.54. The van der Waals surface area contributed by atoms with Crippen molar-refractivity contribution in [2.75, 3.05) is 13.1 Å². The van der Waals surface area contributed by atoms with Crippen LogP contribution in [-0.2, 0) is 14.8 Å². The van der Waals surface area contributed by atoms with Gasteiger partial charge in [-0.05, 0) is 34.0 Å². The molecule has 1 fully saturated rings. The summed E-state index contributed by atoms with van der Waals surface area (Å²) in [5.41, 5.74) is 0. The van der Waals surface area contributed by atoms with Crippen LogP contribution in [0.1, 0.15) is 6.42 Å². The highest BCUT2D eigenvalue weighted by Crippen LogP contribution is 2.30. The maximum absolute atomic E-state index is 12.2. The molecular formula is C11H12BrNO4S. The van der Waals surface area contributed by atoms with Crippen LogP contribution in [0.5, 0.6) is 0 Å². The minimum absolute atomic E-state index is 0.0159. The van der Waals surface area contributed by atoms with E-state index >= 15 is 0 Å². The number of aliphatic carboxylic acids is 1. The van der Waals surface area contributed by atoms with Crippen LogP contribution >= 0.6 is 15.9 Å². The Labute approximate surface area is 114 Å². The van der Waals surface area contributed by atoms with Crippen molar-refractivity contribution in [2.24, 2.45) is 5.92 Å². The number of nitrogens with zero attached hydrogens (tertiary/aromatic N) is 1. The van der Waals surface area contributed by atoms with E-state index in [4.69, 9.17) is 5.11 Å². The monoisotopic (exact) mass is 333 g/mol. The summed E-state index contributed by atoms with van der Waals surface area (Å²) in [4.78, 5) is 10.7. The summed E-state index contributed by atoms with van der Waals surface area (Å²) in [7, 11) is -3.51. The molecule has 1 saturated heterocycles. The Bertz CT molecular complexity index is 566. The molecule has 0 aromatic heterocycles. The molecule has 7 heteroatoms. The molecule has 0 saturated carbocycles. The molecule has 1 heterocycles. The number of carboxylic acids is 1. The first kappa shape index (κ1) is 13.5. The van der Waals surface area contributed by atoms with Gasteiger partial charge in [0.05, 0.1) is 11.3 Å². The van der Waals surface area contributed by atoms with Crippen molar-refractivity contribution in [3.05, 3.63) is 28.7 Å². The lowest BCUT2D eigenvalue weighted by Gasteiger charge is -2.37. The third-order valence-electron chi connectivity index (χ3n) is 2.84. The van der Waals surface area contributed by atoms with Crippen molar-refractivity contribution in [2.45, 2.75) is 11.3 Å². The van der Waals surface area contributed by atoms with Crippen LogP contribution in [0.3, 0.4) is 0 Å². The van der Waals surface area contributed by atoms with E-state index in [0.717, 1.165) is 0 Å². The number of halogens is 1. The molecule has 1 aliphatic heterocycles. The minimum Gasteiger partial charge on any atom is -0.481 e. The second-order valence-electron chi connectivity index (χ2n) is 4.22. The smallest absolute Gasteiger partial charge is 0.303 e. The van der Waals surface area contributed by atoms with Crippen LogP contribution in [0.25, 0.3) is 0 Å². The van der Waals surface area contributed by atoms with Crippen LogP contribution in [0.4, 0.5) is 0 Å². The second kappa shape index (κ2) is 4.99. The lowest BCUT2D eigenvalue weighted by atomic mass is 10.00. The largest absolute Gasteiger partial charge is 0.481 e. The van der Waals surface area contributed by atoms with Crippen molar-refractivity contribution < 1.29 is 18.3 Å². The fourth-order valence-corrected chi connectivity index (χ4v) is 4.44. The van der Waals surface area contributed by atoms with Crippen molar-refractivity contribution in [3.8, 4) is 0 Å². The lowest BCUT2D eigenvalue weighted by Crippen LogP contribution is -2.50. The number of sulfonamides is 1. The van der Waals surface area contributed by atoms with Crippen molar-refractivity contribution in [1.82, 2.24) is 4.31 Å². The molecule has 1 aromatic carbocycles. The molecule has 0 bridgehead atoms. The molecule has 1 aromatic rings. The Morgan fingerprint density at radius 3 is 2.56 bits per heavy atom. The lowest BCUT2D eigenvalue weighted by molar-refractivity contribution is -0.139. The quantitative estimate of drug-likeness (QED) is 0.906. The number of carboxylic acid groups (broad SMARTS) is 1. The zero-order chi connectivity index (χ0) is 13.3. The molecule has 18 heavy (non-hydrogen) atoms. The zero-order valence-electron chi connectivity index (χ0n) is 9.41. The van der Waals surface area contributed by atoms with E-state index in [9.17, 15) is 13.2 Å². The van der Waals surface area contributed by atoms with Gasteiger partial charge in [-0.1, -0.05) is 12.1 Å². The average Bonchev–Trinajstić information content (AvgIpc) is 2.22. The summed E-state index contributed by atoms with van der Waals surface area (Å²) >= 11 is 3.21. The van der Waals surface area contributed by atoms with Gasteiger partial charge >= 0.3 is 5.97 Å². The minimum atomic E-state index is -3.51. The van der Waals surface area contributed by atoms with Crippen LogP contribution in [0, 0.1) is 5.92 Å². The molecular weight excluding hydrogens is 322 g/mol. The highest BCUT2D eigenvalue weighted by atomic mass is 79.9. The van der Waals surface area contributed by atoms with E-state index in [1.165, 1.54) is 10.4 Å². The fourth-order valence-electron chi connectivity index (χ4n) is 1.89. The van der Waals surface area contributed by atoms with Crippen molar-refractivity contribution in [1.29, 1.82) is 0 Å². The molecule has 0 unspecified atom stereocenters. The van der Waals surface area contributed by atoms with Gasteiger partial charge in [-0.3, -0.25) is 4.79 Å². The van der Waals surface area contributed by atoms with Crippen LogP contribution in [0.2, 0.25) is 0 Å². The molecule has 1 aliphatic rings. The highest BCUT2D eigenvalue weighted by molar-refractivity contribution is 9.10. The summed E-state index contributed by atoms with van der Waals surface area (Å²) in [6.45, 7) is 0.548. The summed E-state index contributed by atoms with van der Waals surface area (Å²) in [5, 5.41) is 8.62. The predicted molar refractivity (Wildman–Crippen MR) is 68.6 cm³/mol. The normalized spacial score (nSPS) is 17.4. The maximum atomic E-state index is 12.2. The molecule has 0 spiro atoms. The fraction of sp³-hybridized carbons (Fsp3) is 0.364. The number of hydrogen-bond acceptors (Lipinski definition) is 3. The van der Waals surface area contributed by atoms with Gasteiger partial charge in [-0.25, -0.2) is 8.42 Å². The Morgan fingerprint density at radius 1 is 1.39 bits per heavy atom. The van der Waals surface area contributed by atoms with Gasteiger partial charge in [0.2, 0.25) is 10.0 Å². The Morgan fingerprint density at radius 2 is 2.00 bits per heavy atom. The van der Waals surface area contributed by atoms with Gasteiger partial charge in [0, 0.05) is 17.6 Å². The van der Waals surface area contributed by atoms with Crippen molar-refractivity contribution in [3.63, 3.8) is 0 Å². The van der Waals surface area contributed by atoms with Crippen LogP contribution in [0.15, 0.2) is 33.6 Å². The molecule has 0 radical (unpaired) electrons. The van der Waals surface area contributed by atoms with E-state index in [-0.39, 0.29) is 30.3 Å². The molecule has 98 valence electrons. The number of benzene rings is 1. The van der Waals surface area contributed by atoms with E-state index in [1.54, 1.807) is 18.2 Å². The first-order valence-electron chi connectivity index (χ1n) is 5.37. The Hall–Kier alpha value is -0.920. The number of rotatable bonds is 4. The average molecular weight is 334 g/mol. The number of carbonyl (C=O) groups is 1. The third kappa shape index (κ3) is 2.57. The Balaban J connectivity index is 2.11. The second-order valence-corrected chi connectivity index (χ2v) is 6.98. The standard InChI is InChI=1S/C11H12BrNO4S/c12-9-3-1-2-4-10(9)18(16,17)13-6-8(7-13)5-11(14)15/h1-4,8H,5-7H2,(H,14,15). The third-order valence-corrected chi connectivity index (χ3v) is 5.69. The summed E-state index contributed by atoms with van der Waals surface area (Å²) in [6, 6.07) is 6.60. The summed E-state index contributed by atoms with van der Waals surface area (Å²) < 4.78 is 26.3. The molecule has 0 aliphatic carbocycles. The topological polar surface area (TPSA) is 74.7 Å². The van der Waals surface area contributed by atoms with E-state index in [0.29, 0.717) is 4.47 Å². The Kier molecular flexibility index (Phi) is 3.74. The maximum Gasteiger partial charge on any atom is 0.303 e. The van der Waals surface area contributed by atoms with E-state index in [1.807, 2.05) is 0 Å². The van der Waals surface area contributed by atoms with E-state index in [2.05, 4.69) is 15.9 Å². The van der Waals surface area contributed by atoms with Gasteiger partial charge in [-0.2, -0.15) is 4.31 Å². The van der Waals surface area contributed by atoms with Crippen molar-refractivity contribution >= 4 is 31.9 Å². The first-order chi connectivity index (χ1) is 8.41. The van der Waals surface area contributed by atoms with Gasteiger partial charge in [-0.15, -0.1) is 0 Å². The summed E-state index contributed by atoms with van der Waals surface area (Å²) in [6.07, 6.45) is 0.0159. The van der Waals surface area contributed by atoms with Gasteiger partial charge in [0.15, 0.2) is 0 Å². The summed E-state index contributed by atoms with van der Waals surface area (Å²) in [5.74, 6) is -0.974. The highest BCUT2D eigenvalue weighted by Gasteiger charge is 2.38. The molecule has 0 amide bonds. The van der Waals surface area contributed by atoms with Gasteiger partial charge < -0.3 is 5.11 Å². The molecule has 2 rings (SSSR count). The molecule has 5 nitrogen and oxygen atoms in total. The van der Waals surface area contributed by atoms with E-state index < -0.39 is 16.0 Å². The molecule has 1 N–H and O–H groups in total. The van der Waals surface area contributed by atoms with Crippen LogP contribution < -0.4 is 0 Å². The first-order valence-corrected chi connectivity index (χ1v) is 7.61. The zero-order valence-corrected chi connectivity index (χ0v) is 11.8. The van der Waals surface area contributed by atoms with Crippen LogP contribution in [-0.4, -0.2) is 36.9 Å². The number of hydrogen-bond donors (Lipinski definition) is 1. The SMILES string of the molecule is O=C(O)CC1CN(S(=O)(=O)c2ccccc2Br)C1.